The molecule has 1 aromatic rings. The number of benzene rings is 1. The van der Waals surface area contributed by atoms with Crippen molar-refractivity contribution in [2.45, 2.75) is 33.2 Å². The molecular weight excluding hydrogens is 222 g/mol. The Bertz CT molecular complexity index is 439. The lowest BCUT2D eigenvalue weighted by molar-refractivity contribution is 0.195. The van der Waals surface area contributed by atoms with E-state index in [4.69, 9.17) is 11.1 Å². The molecule has 98 valence electrons. The van der Waals surface area contributed by atoms with Gasteiger partial charge in [-0.25, -0.2) is 0 Å². The zero-order valence-electron chi connectivity index (χ0n) is 11.4. The highest BCUT2D eigenvalue weighted by atomic mass is 15.1. The topological polar surface area (TPSA) is 53.1 Å². The number of hydrogen-bond donors (Lipinski definition) is 2. The maximum Gasteiger partial charge on any atom is 0.0949 e. The monoisotopic (exact) mass is 245 g/mol. The number of amidine groups is 1. The fraction of sp³-hybridized carbons (Fsp3) is 0.533. The van der Waals surface area contributed by atoms with Crippen molar-refractivity contribution in [1.29, 1.82) is 5.41 Å². The van der Waals surface area contributed by atoms with Crippen LogP contribution in [0.1, 0.15) is 29.5 Å². The normalized spacial score (nSPS) is 20.9. The van der Waals surface area contributed by atoms with Gasteiger partial charge >= 0.3 is 0 Å². The van der Waals surface area contributed by atoms with Gasteiger partial charge in [0.05, 0.1) is 5.84 Å². The van der Waals surface area contributed by atoms with Gasteiger partial charge < -0.3 is 5.73 Å². The first-order chi connectivity index (χ1) is 8.56. The van der Waals surface area contributed by atoms with Gasteiger partial charge in [-0.15, -0.1) is 0 Å². The van der Waals surface area contributed by atoms with Crippen LogP contribution in [0.5, 0.6) is 0 Å². The Morgan fingerprint density at radius 1 is 1.44 bits per heavy atom. The second-order valence-electron chi connectivity index (χ2n) is 5.46. The second-order valence-corrected chi connectivity index (χ2v) is 5.46. The van der Waals surface area contributed by atoms with E-state index in [2.05, 4.69) is 36.9 Å². The van der Waals surface area contributed by atoms with E-state index in [1.165, 1.54) is 16.7 Å². The fourth-order valence-corrected chi connectivity index (χ4v) is 2.66. The summed E-state index contributed by atoms with van der Waals surface area (Å²) in [5.74, 6) is 0.601. The Hall–Kier alpha value is -1.35. The quantitative estimate of drug-likeness (QED) is 0.635. The average Bonchev–Trinajstić information content (AvgIpc) is 2.34. The van der Waals surface area contributed by atoms with Gasteiger partial charge in [0.15, 0.2) is 0 Å². The number of piperidine rings is 1. The number of hydrogen-bond acceptors (Lipinski definition) is 2. The van der Waals surface area contributed by atoms with E-state index >= 15 is 0 Å². The zero-order chi connectivity index (χ0) is 13.1. The van der Waals surface area contributed by atoms with Gasteiger partial charge in [0, 0.05) is 19.0 Å². The molecule has 0 saturated carbocycles. The van der Waals surface area contributed by atoms with Crippen LogP contribution in [0, 0.1) is 25.2 Å². The van der Waals surface area contributed by atoms with Crippen LogP contribution in [-0.2, 0) is 6.54 Å². The number of nitrogens with two attached hydrogens (primary N) is 1. The van der Waals surface area contributed by atoms with Crippen molar-refractivity contribution >= 4 is 5.84 Å². The van der Waals surface area contributed by atoms with Gasteiger partial charge in [0.25, 0.3) is 0 Å². The van der Waals surface area contributed by atoms with Crippen molar-refractivity contribution < 1.29 is 0 Å². The maximum absolute atomic E-state index is 7.59. The molecule has 1 heterocycles. The predicted octanol–water partition coefficient (Wildman–Crippen LogP) is 2.45. The number of likely N-dealkylation sites (tertiary alicyclic amines) is 1. The largest absolute Gasteiger partial charge is 0.387 e. The van der Waals surface area contributed by atoms with Gasteiger partial charge in [-0.2, -0.15) is 0 Å². The van der Waals surface area contributed by atoms with Gasteiger partial charge in [-0.3, -0.25) is 10.3 Å². The molecule has 1 fully saturated rings. The summed E-state index contributed by atoms with van der Waals surface area (Å²) >= 11 is 0. The molecule has 18 heavy (non-hydrogen) atoms. The molecule has 0 aliphatic carbocycles. The smallest absolute Gasteiger partial charge is 0.0949 e. The van der Waals surface area contributed by atoms with Crippen molar-refractivity contribution in [3.63, 3.8) is 0 Å². The van der Waals surface area contributed by atoms with Crippen LogP contribution >= 0.6 is 0 Å². The molecule has 1 aromatic carbocycles. The lowest BCUT2D eigenvalue weighted by Gasteiger charge is -2.32. The minimum Gasteiger partial charge on any atom is -0.387 e. The molecule has 0 amide bonds. The van der Waals surface area contributed by atoms with Crippen molar-refractivity contribution in [2.75, 3.05) is 13.1 Å². The molecule has 1 unspecified atom stereocenters. The highest BCUT2D eigenvalue weighted by molar-refractivity contribution is 5.79. The van der Waals surface area contributed by atoms with E-state index in [-0.39, 0.29) is 5.92 Å². The summed E-state index contributed by atoms with van der Waals surface area (Å²) in [4.78, 5) is 2.43. The first-order valence-corrected chi connectivity index (χ1v) is 6.68. The highest BCUT2D eigenvalue weighted by Crippen LogP contribution is 2.20. The molecule has 3 N–H and O–H groups in total. The molecule has 0 spiro atoms. The van der Waals surface area contributed by atoms with E-state index < -0.39 is 0 Å². The van der Waals surface area contributed by atoms with Gasteiger partial charge in [-0.05, 0) is 44.4 Å². The lowest BCUT2D eigenvalue weighted by atomic mass is 9.96. The van der Waals surface area contributed by atoms with Crippen LogP contribution in [0.15, 0.2) is 18.2 Å². The van der Waals surface area contributed by atoms with Crippen molar-refractivity contribution in [1.82, 2.24) is 4.90 Å². The van der Waals surface area contributed by atoms with Crippen molar-refractivity contribution in [3.05, 3.63) is 34.9 Å². The molecule has 1 aliphatic rings. The Morgan fingerprint density at radius 3 is 2.94 bits per heavy atom. The summed E-state index contributed by atoms with van der Waals surface area (Å²) in [7, 11) is 0. The third kappa shape index (κ3) is 3.10. The Balaban J connectivity index is 2.04. The summed E-state index contributed by atoms with van der Waals surface area (Å²) in [6.07, 6.45) is 2.22. The van der Waals surface area contributed by atoms with Gasteiger partial charge in [-0.1, -0.05) is 23.8 Å². The number of rotatable bonds is 3. The molecule has 3 nitrogen and oxygen atoms in total. The molecule has 1 saturated heterocycles. The van der Waals surface area contributed by atoms with Crippen LogP contribution in [0.4, 0.5) is 0 Å². The van der Waals surface area contributed by atoms with Crippen LogP contribution in [-0.4, -0.2) is 23.8 Å². The van der Waals surface area contributed by atoms with Crippen molar-refractivity contribution in [3.8, 4) is 0 Å². The Morgan fingerprint density at radius 2 is 2.22 bits per heavy atom. The fourth-order valence-electron chi connectivity index (χ4n) is 2.66. The minimum absolute atomic E-state index is 0.254. The molecule has 0 radical (unpaired) electrons. The summed E-state index contributed by atoms with van der Waals surface area (Å²) in [5.41, 5.74) is 9.70. The van der Waals surface area contributed by atoms with Gasteiger partial charge in [0.1, 0.15) is 0 Å². The molecule has 1 aliphatic heterocycles. The second kappa shape index (κ2) is 5.53. The first kappa shape index (κ1) is 13.1. The van der Waals surface area contributed by atoms with E-state index in [0.717, 1.165) is 32.5 Å². The zero-order valence-corrected chi connectivity index (χ0v) is 11.4. The molecule has 0 aromatic heterocycles. The summed E-state index contributed by atoms with van der Waals surface area (Å²) in [6.45, 7) is 7.34. The van der Waals surface area contributed by atoms with Gasteiger partial charge in [0.2, 0.25) is 0 Å². The Labute approximate surface area is 109 Å². The summed E-state index contributed by atoms with van der Waals surface area (Å²) in [6, 6.07) is 6.62. The first-order valence-electron chi connectivity index (χ1n) is 6.68. The third-order valence-corrected chi connectivity index (χ3v) is 3.84. The van der Waals surface area contributed by atoms with Crippen molar-refractivity contribution in [2.24, 2.45) is 11.7 Å². The van der Waals surface area contributed by atoms with Crippen LogP contribution < -0.4 is 5.73 Å². The van der Waals surface area contributed by atoms with E-state index in [1.807, 2.05) is 0 Å². The lowest BCUT2D eigenvalue weighted by Crippen LogP contribution is -2.40. The predicted molar refractivity (Wildman–Crippen MR) is 75.8 cm³/mol. The van der Waals surface area contributed by atoms with Crippen LogP contribution in [0.2, 0.25) is 0 Å². The maximum atomic E-state index is 7.59. The van der Waals surface area contributed by atoms with Crippen LogP contribution in [0.3, 0.4) is 0 Å². The molecule has 3 heteroatoms. The highest BCUT2D eigenvalue weighted by Gasteiger charge is 2.22. The molecular formula is C15H23N3. The average molecular weight is 245 g/mol. The number of nitrogens with zero attached hydrogens (tertiary/aromatic N) is 1. The van der Waals surface area contributed by atoms with E-state index in [9.17, 15) is 0 Å². The van der Waals surface area contributed by atoms with E-state index in [1.54, 1.807) is 0 Å². The Kier molecular flexibility index (Phi) is 4.02. The standard InChI is InChI=1S/C15H23N3/c1-11-5-6-12(2)14(8-11)10-18-7-3-4-13(9-18)15(16)17/h5-6,8,13H,3-4,7,9-10H2,1-2H3,(H3,16,17). The molecule has 1 atom stereocenters. The van der Waals surface area contributed by atoms with E-state index in [0.29, 0.717) is 5.84 Å². The SMILES string of the molecule is Cc1ccc(C)c(CN2CCCC(C(=N)N)C2)c1. The third-order valence-electron chi connectivity index (χ3n) is 3.84. The minimum atomic E-state index is 0.254. The number of nitrogens with one attached hydrogen (secondary N) is 1. The van der Waals surface area contributed by atoms with Crippen LogP contribution in [0.25, 0.3) is 0 Å². The molecule has 2 rings (SSSR count). The summed E-state index contributed by atoms with van der Waals surface area (Å²) in [5, 5.41) is 7.59. The summed E-state index contributed by atoms with van der Waals surface area (Å²) < 4.78 is 0. The molecule has 0 bridgehead atoms. The number of aryl methyl sites for hydroxylation is 2.